The summed E-state index contributed by atoms with van der Waals surface area (Å²) in [5.74, 6) is -0.165. The summed E-state index contributed by atoms with van der Waals surface area (Å²) in [4.78, 5) is 15.5. The average molecular weight is 454 g/mol. The van der Waals surface area contributed by atoms with Crippen LogP contribution < -0.4 is 10.1 Å². The Labute approximate surface area is 191 Å². The normalized spacial score (nSPS) is 13.3. The maximum atomic E-state index is 14.8. The molecule has 4 rings (SSSR count). The standard InChI is InChI=1S/C23H24FN5O2S/c1-14-11-20(29(27-14)19-8-6-16(31-2)13-21(19)32)23(30)26-18-7-5-15(12-17(18)24)22(25)28-9-3-4-10-28/h5-8,11-13,25,32H,3-4,9-10H2,1-2H3,(H,26,30). The van der Waals surface area contributed by atoms with Gasteiger partial charge < -0.3 is 15.0 Å². The highest BCUT2D eigenvalue weighted by molar-refractivity contribution is 7.80. The number of amidine groups is 1. The molecule has 1 aliphatic heterocycles. The number of anilines is 1. The molecule has 1 aromatic heterocycles. The molecule has 2 N–H and O–H groups in total. The van der Waals surface area contributed by atoms with Crippen molar-refractivity contribution in [1.82, 2.24) is 14.7 Å². The molecule has 0 aliphatic carbocycles. The van der Waals surface area contributed by atoms with Gasteiger partial charge in [0.1, 0.15) is 23.1 Å². The number of rotatable bonds is 5. The molecule has 1 fully saturated rings. The monoisotopic (exact) mass is 453 g/mol. The molecule has 1 aliphatic rings. The van der Waals surface area contributed by atoms with Gasteiger partial charge in [0.25, 0.3) is 5.91 Å². The number of aromatic nitrogens is 2. The van der Waals surface area contributed by atoms with E-state index in [0.29, 0.717) is 33.4 Å². The number of ether oxygens (including phenoxy) is 1. The highest BCUT2D eigenvalue weighted by atomic mass is 32.1. The van der Waals surface area contributed by atoms with E-state index in [4.69, 9.17) is 10.1 Å². The van der Waals surface area contributed by atoms with Crippen molar-refractivity contribution in [3.05, 3.63) is 65.2 Å². The number of halogens is 1. The minimum atomic E-state index is -0.595. The van der Waals surface area contributed by atoms with Crippen molar-refractivity contribution in [3.63, 3.8) is 0 Å². The summed E-state index contributed by atoms with van der Waals surface area (Å²) in [7, 11) is 1.56. The molecule has 2 heterocycles. The number of likely N-dealkylation sites (tertiary alicyclic amines) is 1. The van der Waals surface area contributed by atoms with Crippen LogP contribution in [0.3, 0.4) is 0 Å². The molecular weight excluding hydrogens is 429 g/mol. The lowest BCUT2D eigenvalue weighted by Gasteiger charge is -2.19. The van der Waals surface area contributed by atoms with Crippen LogP contribution in [0.2, 0.25) is 0 Å². The van der Waals surface area contributed by atoms with Gasteiger partial charge in [-0.3, -0.25) is 10.2 Å². The van der Waals surface area contributed by atoms with E-state index in [0.717, 1.165) is 25.9 Å². The van der Waals surface area contributed by atoms with Crippen molar-refractivity contribution in [3.8, 4) is 11.4 Å². The summed E-state index contributed by atoms with van der Waals surface area (Å²) in [6, 6.07) is 11.3. The maximum Gasteiger partial charge on any atom is 0.274 e. The van der Waals surface area contributed by atoms with Crippen LogP contribution in [0.15, 0.2) is 47.4 Å². The second-order valence-electron chi connectivity index (χ2n) is 7.63. The zero-order valence-corrected chi connectivity index (χ0v) is 18.7. The van der Waals surface area contributed by atoms with E-state index in [-0.39, 0.29) is 11.4 Å². The molecule has 0 spiro atoms. The van der Waals surface area contributed by atoms with E-state index in [9.17, 15) is 9.18 Å². The molecule has 7 nitrogen and oxygen atoms in total. The fraction of sp³-hybridized carbons (Fsp3) is 0.261. The number of thiol groups is 1. The van der Waals surface area contributed by atoms with Gasteiger partial charge in [0, 0.05) is 23.5 Å². The van der Waals surface area contributed by atoms with Crippen LogP contribution in [0.1, 0.15) is 34.6 Å². The second-order valence-corrected chi connectivity index (χ2v) is 8.11. The number of hydrogen-bond acceptors (Lipinski definition) is 5. The summed E-state index contributed by atoms with van der Waals surface area (Å²) >= 11 is 4.48. The summed E-state index contributed by atoms with van der Waals surface area (Å²) in [6.45, 7) is 3.38. The summed E-state index contributed by atoms with van der Waals surface area (Å²) in [5.41, 5.74) is 2.01. The minimum absolute atomic E-state index is 0.0409. The Hall–Kier alpha value is -3.33. The number of amides is 1. The number of methoxy groups -OCH3 is 1. The Bertz CT molecular complexity index is 1190. The highest BCUT2D eigenvalue weighted by Crippen LogP contribution is 2.26. The minimum Gasteiger partial charge on any atom is -0.497 e. The van der Waals surface area contributed by atoms with E-state index >= 15 is 0 Å². The van der Waals surface area contributed by atoms with Crippen LogP contribution in [0, 0.1) is 18.2 Å². The first-order valence-electron chi connectivity index (χ1n) is 10.3. The Morgan fingerprint density at radius 3 is 2.59 bits per heavy atom. The van der Waals surface area contributed by atoms with Gasteiger partial charge in [-0.05, 0) is 62.2 Å². The number of hydrogen-bond donors (Lipinski definition) is 3. The van der Waals surface area contributed by atoms with Crippen molar-refractivity contribution >= 4 is 30.1 Å². The van der Waals surface area contributed by atoms with Crippen LogP contribution in [-0.2, 0) is 0 Å². The Morgan fingerprint density at radius 1 is 1.19 bits per heavy atom. The predicted molar refractivity (Wildman–Crippen MR) is 124 cm³/mol. The Morgan fingerprint density at radius 2 is 1.94 bits per heavy atom. The van der Waals surface area contributed by atoms with Crippen LogP contribution in [0.25, 0.3) is 5.69 Å². The first kappa shape index (κ1) is 21.9. The number of nitrogens with zero attached hydrogens (tertiary/aromatic N) is 3. The van der Waals surface area contributed by atoms with Gasteiger partial charge in [0.2, 0.25) is 0 Å². The smallest absolute Gasteiger partial charge is 0.274 e. The van der Waals surface area contributed by atoms with Crippen molar-refractivity contribution in [1.29, 1.82) is 5.41 Å². The molecule has 166 valence electrons. The van der Waals surface area contributed by atoms with E-state index < -0.39 is 11.7 Å². The van der Waals surface area contributed by atoms with E-state index in [1.54, 1.807) is 44.4 Å². The zero-order valence-electron chi connectivity index (χ0n) is 17.9. The molecule has 0 atom stereocenters. The number of aryl methyl sites for hydroxylation is 1. The van der Waals surface area contributed by atoms with Crippen molar-refractivity contribution < 1.29 is 13.9 Å². The van der Waals surface area contributed by atoms with Crippen LogP contribution in [0.4, 0.5) is 10.1 Å². The molecule has 0 bridgehead atoms. The molecule has 2 aromatic carbocycles. The summed E-state index contributed by atoms with van der Waals surface area (Å²) < 4.78 is 21.4. The molecule has 3 aromatic rings. The van der Waals surface area contributed by atoms with Gasteiger partial charge in [-0.15, -0.1) is 12.6 Å². The fourth-order valence-electron chi connectivity index (χ4n) is 3.73. The summed E-state index contributed by atoms with van der Waals surface area (Å²) in [5, 5.41) is 15.3. The number of benzene rings is 2. The number of nitrogens with one attached hydrogen (secondary N) is 2. The van der Waals surface area contributed by atoms with Crippen LogP contribution in [0.5, 0.6) is 5.75 Å². The third-order valence-electron chi connectivity index (χ3n) is 5.39. The van der Waals surface area contributed by atoms with Gasteiger partial charge in [0.15, 0.2) is 0 Å². The SMILES string of the molecule is COc1ccc(-n2nc(C)cc2C(=O)Nc2ccc(C(=N)N3CCCC3)cc2F)c(S)c1. The summed E-state index contributed by atoms with van der Waals surface area (Å²) in [6.07, 6.45) is 2.07. The van der Waals surface area contributed by atoms with E-state index in [1.165, 1.54) is 16.8 Å². The third kappa shape index (κ3) is 4.34. The molecule has 9 heteroatoms. The molecule has 0 unspecified atom stereocenters. The van der Waals surface area contributed by atoms with Crippen molar-refractivity contribution in [2.24, 2.45) is 0 Å². The highest BCUT2D eigenvalue weighted by Gasteiger charge is 2.20. The van der Waals surface area contributed by atoms with E-state index in [1.807, 2.05) is 4.90 Å². The lowest BCUT2D eigenvalue weighted by molar-refractivity contribution is 0.101. The Balaban J connectivity index is 1.58. The van der Waals surface area contributed by atoms with Crippen molar-refractivity contribution in [2.75, 3.05) is 25.5 Å². The molecule has 0 saturated carbocycles. The molecule has 32 heavy (non-hydrogen) atoms. The largest absolute Gasteiger partial charge is 0.497 e. The second kappa shape index (κ2) is 9.04. The molecule has 1 saturated heterocycles. The lowest BCUT2D eigenvalue weighted by atomic mass is 10.1. The number of carbonyl (C=O) groups is 1. The molecule has 1 amide bonds. The van der Waals surface area contributed by atoms with Crippen LogP contribution >= 0.6 is 12.6 Å². The lowest BCUT2D eigenvalue weighted by Crippen LogP contribution is -2.27. The fourth-order valence-corrected chi connectivity index (χ4v) is 4.02. The van der Waals surface area contributed by atoms with Crippen LogP contribution in [-0.4, -0.2) is 46.6 Å². The van der Waals surface area contributed by atoms with Gasteiger partial charge >= 0.3 is 0 Å². The van der Waals surface area contributed by atoms with Gasteiger partial charge in [0.05, 0.1) is 24.2 Å². The first-order valence-corrected chi connectivity index (χ1v) is 10.7. The van der Waals surface area contributed by atoms with E-state index in [2.05, 4.69) is 23.0 Å². The van der Waals surface area contributed by atoms with Gasteiger partial charge in [-0.1, -0.05) is 0 Å². The zero-order chi connectivity index (χ0) is 22.8. The Kier molecular flexibility index (Phi) is 6.18. The quantitative estimate of drug-likeness (QED) is 0.306. The first-order chi connectivity index (χ1) is 15.4. The molecule has 0 radical (unpaired) electrons. The van der Waals surface area contributed by atoms with Gasteiger partial charge in [-0.2, -0.15) is 5.10 Å². The topological polar surface area (TPSA) is 83.2 Å². The average Bonchev–Trinajstić information content (AvgIpc) is 3.44. The molecular formula is C23H24FN5O2S. The van der Waals surface area contributed by atoms with Crippen molar-refractivity contribution in [2.45, 2.75) is 24.7 Å². The van der Waals surface area contributed by atoms with Gasteiger partial charge in [-0.25, -0.2) is 9.07 Å². The third-order valence-corrected chi connectivity index (χ3v) is 5.75. The predicted octanol–water partition coefficient (Wildman–Crippen LogP) is 4.29. The number of carbonyl (C=O) groups excluding carboxylic acids is 1. The maximum absolute atomic E-state index is 14.8.